The zero-order valence-corrected chi connectivity index (χ0v) is 9.83. The topological polar surface area (TPSA) is 46.4 Å². The van der Waals surface area contributed by atoms with Crippen LogP contribution in [-0.2, 0) is 0 Å². The molecule has 0 radical (unpaired) electrons. The van der Waals surface area contributed by atoms with Crippen LogP contribution in [0.25, 0.3) is 0 Å². The van der Waals surface area contributed by atoms with Crippen molar-refractivity contribution in [1.82, 2.24) is 4.90 Å². The highest BCUT2D eigenvalue weighted by Gasteiger charge is 2.14. The Morgan fingerprint density at radius 2 is 2.18 bits per heavy atom. The second-order valence-corrected chi connectivity index (χ2v) is 4.14. The fourth-order valence-corrected chi connectivity index (χ4v) is 1.83. The highest BCUT2D eigenvalue weighted by Crippen LogP contribution is 2.27. The number of nitrogens with zero attached hydrogens (tertiary/aromatic N) is 2. The highest BCUT2D eigenvalue weighted by molar-refractivity contribution is 5.40. The molecule has 1 heterocycles. The van der Waals surface area contributed by atoms with Crippen molar-refractivity contribution in [2.75, 3.05) is 7.05 Å². The van der Waals surface area contributed by atoms with Crippen LogP contribution in [0.2, 0.25) is 0 Å². The van der Waals surface area contributed by atoms with Gasteiger partial charge < -0.3 is 4.90 Å². The molecular formula is C13H14N2O2. The van der Waals surface area contributed by atoms with Gasteiger partial charge in [-0.2, -0.15) is 0 Å². The molecule has 1 unspecified atom stereocenters. The van der Waals surface area contributed by atoms with Crippen molar-refractivity contribution in [2.45, 2.75) is 12.8 Å². The monoisotopic (exact) mass is 230 g/mol. The van der Waals surface area contributed by atoms with E-state index in [4.69, 9.17) is 0 Å². The summed E-state index contributed by atoms with van der Waals surface area (Å²) >= 11 is 0. The van der Waals surface area contributed by atoms with Crippen molar-refractivity contribution < 1.29 is 4.92 Å². The first-order chi connectivity index (χ1) is 8.08. The fraction of sp³-hybridized carbons (Fsp3) is 0.231. The predicted octanol–water partition coefficient (Wildman–Crippen LogP) is 3.04. The minimum absolute atomic E-state index is 0.117. The summed E-state index contributed by atoms with van der Waals surface area (Å²) in [5.41, 5.74) is 2.23. The molecular weight excluding hydrogens is 216 g/mol. The van der Waals surface area contributed by atoms with Crippen molar-refractivity contribution in [3.63, 3.8) is 0 Å². The molecule has 1 atom stereocenters. The molecule has 1 aromatic rings. The third kappa shape index (κ3) is 2.36. The van der Waals surface area contributed by atoms with Gasteiger partial charge in [0.2, 0.25) is 0 Å². The van der Waals surface area contributed by atoms with Crippen LogP contribution in [0.4, 0.5) is 5.69 Å². The molecule has 0 amide bonds. The number of hydrogen-bond acceptors (Lipinski definition) is 3. The van der Waals surface area contributed by atoms with Gasteiger partial charge in [-0.25, -0.2) is 0 Å². The van der Waals surface area contributed by atoms with Gasteiger partial charge in [0.25, 0.3) is 5.69 Å². The molecule has 4 nitrogen and oxygen atoms in total. The van der Waals surface area contributed by atoms with Gasteiger partial charge in [-0.1, -0.05) is 24.3 Å². The lowest BCUT2D eigenvalue weighted by Gasteiger charge is -2.22. The smallest absolute Gasteiger partial charge is 0.269 e. The van der Waals surface area contributed by atoms with E-state index in [0.29, 0.717) is 0 Å². The van der Waals surface area contributed by atoms with Crippen molar-refractivity contribution in [3.8, 4) is 0 Å². The lowest BCUT2D eigenvalue weighted by Crippen LogP contribution is -2.13. The van der Waals surface area contributed by atoms with Crippen LogP contribution in [0, 0.1) is 10.1 Å². The Bertz CT molecular complexity index is 506. The Morgan fingerprint density at radius 1 is 1.41 bits per heavy atom. The zero-order chi connectivity index (χ0) is 12.4. The van der Waals surface area contributed by atoms with Crippen molar-refractivity contribution in [1.29, 1.82) is 0 Å². The van der Waals surface area contributed by atoms with Crippen LogP contribution in [0.15, 0.2) is 48.3 Å². The number of benzene rings is 1. The Labute approximate surface area is 100 Å². The van der Waals surface area contributed by atoms with Crippen molar-refractivity contribution in [2.24, 2.45) is 0 Å². The maximum atomic E-state index is 10.7. The number of nitro groups is 1. The summed E-state index contributed by atoms with van der Waals surface area (Å²) in [7, 11) is 1.98. The van der Waals surface area contributed by atoms with Crippen LogP contribution in [0.1, 0.15) is 18.4 Å². The van der Waals surface area contributed by atoms with E-state index in [1.165, 1.54) is 6.07 Å². The number of nitro benzene ring substituents is 1. The first-order valence-electron chi connectivity index (χ1n) is 5.42. The van der Waals surface area contributed by atoms with Crippen molar-refractivity contribution >= 4 is 5.69 Å². The van der Waals surface area contributed by atoms with E-state index >= 15 is 0 Å². The summed E-state index contributed by atoms with van der Waals surface area (Å²) in [6.45, 7) is 2.02. The molecule has 0 N–H and O–H groups in total. The zero-order valence-electron chi connectivity index (χ0n) is 9.83. The van der Waals surface area contributed by atoms with Gasteiger partial charge in [-0.15, -0.1) is 0 Å². The Kier molecular flexibility index (Phi) is 2.95. The summed E-state index contributed by atoms with van der Waals surface area (Å²) in [4.78, 5) is 12.4. The molecule has 4 heteroatoms. The molecule has 17 heavy (non-hydrogen) atoms. The lowest BCUT2D eigenvalue weighted by molar-refractivity contribution is -0.384. The van der Waals surface area contributed by atoms with E-state index < -0.39 is 0 Å². The number of allylic oxidation sites excluding steroid dienone is 3. The van der Waals surface area contributed by atoms with Gasteiger partial charge in [0.05, 0.1) is 4.92 Å². The molecule has 0 spiro atoms. The average Bonchev–Trinajstić information content (AvgIpc) is 2.33. The molecule has 88 valence electrons. The molecule has 1 aromatic carbocycles. The van der Waals surface area contributed by atoms with E-state index in [0.717, 1.165) is 11.3 Å². The van der Waals surface area contributed by atoms with E-state index in [1.807, 2.05) is 37.2 Å². The SMILES string of the molecule is CC1=CC(c2cccc([N+](=O)[O-])c2)C=CN1C. The quantitative estimate of drug-likeness (QED) is 0.579. The summed E-state index contributed by atoms with van der Waals surface area (Å²) < 4.78 is 0. The molecule has 0 aromatic heterocycles. The standard InChI is InChI=1S/C13H14N2O2/c1-10-8-12(6-7-14(10)2)11-4-3-5-13(9-11)15(16)17/h3-9,12H,1-2H3. The average molecular weight is 230 g/mol. The molecule has 0 bridgehead atoms. The van der Waals surface area contributed by atoms with Crippen LogP contribution < -0.4 is 0 Å². The molecule has 0 aliphatic carbocycles. The Hall–Kier alpha value is -2.10. The molecule has 1 aliphatic heterocycles. The minimum Gasteiger partial charge on any atom is -0.355 e. The van der Waals surface area contributed by atoms with E-state index in [-0.39, 0.29) is 16.5 Å². The van der Waals surface area contributed by atoms with Gasteiger partial charge in [0.15, 0.2) is 0 Å². The number of rotatable bonds is 2. The van der Waals surface area contributed by atoms with E-state index in [1.54, 1.807) is 12.1 Å². The maximum Gasteiger partial charge on any atom is 0.269 e. The molecule has 1 aliphatic rings. The highest BCUT2D eigenvalue weighted by atomic mass is 16.6. The number of non-ortho nitro benzene ring substituents is 1. The van der Waals surface area contributed by atoms with Crippen LogP contribution >= 0.6 is 0 Å². The Balaban J connectivity index is 2.32. The van der Waals surface area contributed by atoms with Gasteiger partial charge in [0.1, 0.15) is 0 Å². The summed E-state index contributed by atoms with van der Waals surface area (Å²) in [5.74, 6) is 0.117. The van der Waals surface area contributed by atoms with Crippen LogP contribution in [-0.4, -0.2) is 16.9 Å². The molecule has 0 saturated heterocycles. The van der Waals surface area contributed by atoms with E-state index in [2.05, 4.69) is 6.08 Å². The maximum absolute atomic E-state index is 10.7. The number of hydrogen-bond donors (Lipinski definition) is 0. The fourth-order valence-electron chi connectivity index (χ4n) is 1.83. The Morgan fingerprint density at radius 3 is 2.82 bits per heavy atom. The minimum atomic E-state index is -0.362. The molecule has 0 fully saturated rings. The van der Waals surface area contributed by atoms with Gasteiger partial charge in [-0.3, -0.25) is 10.1 Å². The van der Waals surface area contributed by atoms with Gasteiger partial charge in [-0.05, 0) is 12.5 Å². The van der Waals surface area contributed by atoms with Gasteiger partial charge >= 0.3 is 0 Å². The largest absolute Gasteiger partial charge is 0.355 e. The second kappa shape index (κ2) is 4.41. The third-order valence-electron chi connectivity index (χ3n) is 2.96. The van der Waals surface area contributed by atoms with Gasteiger partial charge in [0, 0.05) is 37.0 Å². The second-order valence-electron chi connectivity index (χ2n) is 4.14. The molecule has 2 rings (SSSR count). The molecule has 0 saturated carbocycles. The summed E-state index contributed by atoms with van der Waals surface area (Å²) in [6, 6.07) is 6.78. The van der Waals surface area contributed by atoms with Crippen molar-refractivity contribution in [3.05, 3.63) is 64.0 Å². The van der Waals surface area contributed by atoms with E-state index in [9.17, 15) is 10.1 Å². The first kappa shape index (κ1) is 11.4. The normalized spacial score (nSPS) is 19.1. The van der Waals surface area contributed by atoms with Crippen LogP contribution in [0.3, 0.4) is 0 Å². The predicted molar refractivity (Wildman–Crippen MR) is 66.5 cm³/mol. The summed E-state index contributed by atoms with van der Waals surface area (Å²) in [6.07, 6.45) is 6.12. The third-order valence-corrected chi connectivity index (χ3v) is 2.96. The summed E-state index contributed by atoms with van der Waals surface area (Å²) in [5, 5.41) is 10.7. The lowest BCUT2D eigenvalue weighted by atomic mass is 9.95. The van der Waals surface area contributed by atoms with Crippen LogP contribution in [0.5, 0.6) is 0 Å². The first-order valence-corrected chi connectivity index (χ1v) is 5.42.